The minimum Gasteiger partial charge on any atom is -0.423 e. The summed E-state index contributed by atoms with van der Waals surface area (Å²) in [7, 11) is -1.51. The fraction of sp³-hybridized carbons (Fsp3) is 0. The average Bonchev–Trinajstić information content (AvgIpc) is 2.16. The Morgan fingerprint density at radius 1 is 1.14 bits per heavy atom. The van der Waals surface area contributed by atoms with Gasteiger partial charge in [-0.1, -0.05) is 12.1 Å². The zero-order chi connectivity index (χ0) is 10.1. The first kappa shape index (κ1) is 8.99. The van der Waals surface area contributed by atoms with Gasteiger partial charge in [0.05, 0.1) is 0 Å². The third kappa shape index (κ3) is 1.55. The van der Waals surface area contributed by atoms with Gasteiger partial charge in [0.1, 0.15) is 5.58 Å². The van der Waals surface area contributed by atoms with Gasteiger partial charge in [-0.3, -0.25) is 0 Å². The maximum atomic E-state index is 10.8. The molecule has 0 spiro atoms. The largest absolute Gasteiger partial charge is 0.488 e. The van der Waals surface area contributed by atoms with Gasteiger partial charge >= 0.3 is 12.7 Å². The molecule has 0 atom stereocenters. The highest BCUT2D eigenvalue weighted by atomic mass is 16.4. The molecule has 5 heteroatoms. The first-order valence-electron chi connectivity index (χ1n) is 4.07. The highest BCUT2D eigenvalue weighted by molar-refractivity contribution is 6.58. The van der Waals surface area contributed by atoms with E-state index in [0.29, 0.717) is 16.4 Å². The number of hydrogen-bond acceptors (Lipinski definition) is 4. The van der Waals surface area contributed by atoms with E-state index in [1.807, 2.05) is 0 Å². The summed E-state index contributed by atoms with van der Waals surface area (Å²) < 4.78 is 4.88. The van der Waals surface area contributed by atoms with E-state index in [0.717, 1.165) is 0 Å². The third-order valence-corrected chi connectivity index (χ3v) is 1.94. The van der Waals surface area contributed by atoms with Crippen molar-refractivity contribution in [2.75, 3.05) is 0 Å². The molecule has 14 heavy (non-hydrogen) atoms. The summed E-state index contributed by atoms with van der Waals surface area (Å²) in [5.74, 6) is 0. The van der Waals surface area contributed by atoms with Gasteiger partial charge in [-0.05, 0) is 17.6 Å². The van der Waals surface area contributed by atoms with Crippen molar-refractivity contribution in [3.8, 4) is 0 Å². The summed E-state index contributed by atoms with van der Waals surface area (Å²) in [6.45, 7) is 0. The van der Waals surface area contributed by atoms with Crippen molar-refractivity contribution >= 4 is 23.6 Å². The molecule has 70 valence electrons. The van der Waals surface area contributed by atoms with Gasteiger partial charge < -0.3 is 14.5 Å². The summed E-state index contributed by atoms with van der Waals surface area (Å²) >= 11 is 0. The van der Waals surface area contributed by atoms with E-state index >= 15 is 0 Å². The molecule has 2 rings (SSSR count). The van der Waals surface area contributed by atoms with Crippen LogP contribution in [0.25, 0.3) is 11.0 Å². The molecule has 0 amide bonds. The summed E-state index contributed by atoms with van der Waals surface area (Å²) in [6, 6.07) is 7.45. The van der Waals surface area contributed by atoms with Crippen LogP contribution in [0.5, 0.6) is 0 Å². The fourth-order valence-electron chi connectivity index (χ4n) is 1.25. The summed E-state index contributed by atoms with van der Waals surface area (Å²) in [4.78, 5) is 10.8. The van der Waals surface area contributed by atoms with Crippen molar-refractivity contribution in [2.45, 2.75) is 0 Å². The molecule has 1 heterocycles. The molecule has 0 fully saturated rings. The predicted molar refractivity (Wildman–Crippen MR) is 52.3 cm³/mol. The Bertz CT molecular complexity index is 517. The van der Waals surface area contributed by atoms with Gasteiger partial charge in [0.15, 0.2) is 0 Å². The number of benzene rings is 1. The van der Waals surface area contributed by atoms with Crippen LogP contribution in [-0.2, 0) is 0 Å². The second-order valence-electron chi connectivity index (χ2n) is 2.93. The van der Waals surface area contributed by atoms with Crippen LogP contribution in [0.1, 0.15) is 0 Å². The van der Waals surface area contributed by atoms with Crippen LogP contribution in [0.4, 0.5) is 0 Å². The van der Waals surface area contributed by atoms with Gasteiger partial charge in [-0.15, -0.1) is 0 Å². The predicted octanol–water partition coefficient (Wildman–Crippen LogP) is -0.527. The summed E-state index contributed by atoms with van der Waals surface area (Å²) in [6.07, 6.45) is 0. The Morgan fingerprint density at radius 2 is 1.93 bits per heavy atom. The van der Waals surface area contributed by atoms with Crippen molar-refractivity contribution in [2.24, 2.45) is 0 Å². The minimum atomic E-state index is -1.51. The molecule has 4 nitrogen and oxygen atoms in total. The molecule has 1 aromatic carbocycles. The van der Waals surface area contributed by atoms with Crippen molar-refractivity contribution in [3.05, 3.63) is 40.8 Å². The van der Waals surface area contributed by atoms with Gasteiger partial charge in [0, 0.05) is 11.5 Å². The number of fused-ring (bicyclic) bond motifs is 1. The fourth-order valence-corrected chi connectivity index (χ4v) is 1.25. The highest BCUT2D eigenvalue weighted by Gasteiger charge is 2.11. The average molecular weight is 190 g/mol. The Kier molecular flexibility index (Phi) is 2.11. The van der Waals surface area contributed by atoms with Crippen LogP contribution in [0.3, 0.4) is 0 Å². The first-order valence-corrected chi connectivity index (χ1v) is 4.07. The molecule has 0 aliphatic heterocycles. The Balaban J connectivity index is 2.67. The van der Waals surface area contributed by atoms with E-state index in [4.69, 9.17) is 14.5 Å². The molecule has 2 N–H and O–H groups in total. The van der Waals surface area contributed by atoms with Crippen molar-refractivity contribution in [1.29, 1.82) is 0 Å². The third-order valence-electron chi connectivity index (χ3n) is 1.94. The van der Waals surface area contributed by atoms with Crippen molar-refractivity contribution < 1.29 is 14.5 Å². The first-order chi connectivity index (χ1) is 6.66. The van der Waals surface area contributed by atoms with Gasteiger partial charge in [0.25, 0.3) is 0 Å². The molecule has 0 aliphatic rings. The normalized spacial score (nSPS) is 10.4. The van der Waals surface area contributed by atoms with Crippen LogP contribution in [0, 0.1) is 0 Å². The van der Waals surface area contributed by atoms with Crippen molar-refractivity contribution in [1.82, 2.24) is 0 Å². The molecular formula is C9H7BO4. The van der Waals surface area contributed by atoms with Crippen LogP contribution in [-0.4, -0.2) is 17.2 Å². The van der Waals surface area contributed by atoms with Crippen LogP contribution in [0.15, 0.2) is 39.5 Å². The number of rotatable bonds is 1. The van der Waals surface area contributed by atoms with E-state index < -0.39 is 12.7 Å². The molecule has 1 aromatic heterocycles. The molecule has 0 bridgehead atoms. The lowest BCUT2D eigenvalue weighted by molar-refractivity contribution is 0.426. The smallest absolute Gasteiger partial charge is 0.423 e. The van der Waals surface area contributed by atoms with Crippen LogP contribution < -0.4 is 11.1 Å². The lowest BCUT2D eigenvalue weighted by Gasteiger charge is -2.00. The van der Waals surface area contributed by atoms with Crippen molar-refractivity contribution in [3.63, 3.8) is 0 Å². The Labute approximate surface area is 79.6 Å². The van der Waals surface area contributed by atoms with E-state index in [-0.39, 0.29) is 0 Å². The highest BCUT2D eigenvalue weighted by Crippen LogP contribution is 2.08. The van der Waals surface area contributed by atoms with E-state index in [2.05, 4.69) is 0 Å². The molecule has 0 aliphatic carbocycles. The molecule has 2 aromatic rings. The van der Waals surface area contributed by atoms with E-state index in [9.17, 15) is 4.79 Å². The van der Waals surface area contributed by atoms with Gasteiger partial charge in [-0.2, -0.15) is 0 Å². The lowest BCUT2D eigenvalue weighted by Crippen LogP contribution is -2.29. The molecular weight excluding hydrogens is 183 g/mol. The molecule has 0 unspecified atom stereocenters. The van der Waals surface area contributed by atoms with Gasteiger partial charge in [-0.25, -0.2) is 4.79 Å². The van der Waals surface area contributed by atoms with E-state index in [1.165, 1.54) is 18.2 Å². The lowest BCUT2D eigenvalue weighted by atomic mass is 9.80. The van der Waals surface area contributed by atoms with E-state index in [1.54, 1.807) is 12.1 Å². The quantitative estimate of drug-likeness (QED) is 0.468. The number of hydrogen-bond donors (Lipinski definition) is 2. The SMILES string of the molecule is O=c1ccc2cc(B(O)O)ccc2o1. The second-order valence-corrected chi connectivity index (χ2v) is 2.93. The van der Waals surface area contributed by atoms with Crippen LogP contribution in [0.2, 0.25) is 0 Å². The Hall–Kier alpha value is -1.59. The summed E-state index contributed by atoms with van der Waals surface area (Å²) in [5.41, 5.74) is 0.378. The summed E-state index contributed by atoms with van der Waals surface area (Å²) in [5, 5.41) is 18.5. The maximum absolute atomic E-state index is 10.8. The van der Waals surface area contributed by atoms with Gasteiger partial charge in [0.2, 0.25) is 0 Å². The maximum Gasteiger partial charge on any atom is 0.488 e. The molecule has 0 radical (unpaired) electrons. The monoisotopic (exact) mass is 190 g/mol. The molecule has 0 saturated heterocycles. The molecule has 0 saturated carbocycles. The zero-order valence-electron chi connectivity index (χ0n) is 7.18. The minimum absolute atomic E-state index is 0.367. The zero-order valence-corrected chi connectivity index (χ0v) is 7.18. The Morgan fingerprint density at radius 3 is 2.64 bits per heavy atom. The second kappa shape index (κ2) is 3.28. The van der Waals surface area contributed by atoms with Crippen LogP contribution >= 0.6 is 0 Å². The topological polar surface area (TPSA) is 70.7 Å². The standard InChI is InChI=1S/C9H7BO4/c11-9-4-1-6-5-7(10(12)13)2-3-8(6)14-9/h1-5,12-13H.